The number of anilines is 1. The lowest BCUT2D eigenvalue weighted by Gasteiger charge is -2.23. The molecule has 1 saturated heterocycles. The summed E-state index contributed by atoms with van der Waals surface area (Å²) in [6.45, 7) is 2.92. The molecule has 1 aliphatic carbocycles. The highest BCUT2D eigenvalue weighted by molar-refractivity contribution is 6.32. The molecule has 0 aromatic heterocycles. The van der Waals surface area contributed by atoms with Crippen LogP contribution in [0.1, 0.15) is 32.1 Å². The van der Waals surface area contributed by atoms with Gasteiger partial charge in [-0.1, -0.05) is 24.4 Å². The van der Waals surface area contributed by atoms with Gasteiger partial charge in [0.05, 0.1) is 24.9 Å². The van der Waals surface area contributed by atoms with Gasteiger partial charge < -0.3 is 25.0 Å². The molecule has 0 bridgehead atoms. The van der Waals surface area contributed by atoms with Gasteiger partial charge in [-0.15, -0.1) is 0 Å². The van der Waals surface area contributed by atoms with Gasteiger partial charge in [0.1, 0.15) is 11.5 Å². The van der Waals surface area contributed by atoms with Crippen LogP contribution >= 0.6 is 11.6 Å². The average Bonchev–Trinajstić information content (AvgIpc) is 3.31. The molecule has 1 aromatic rings. The smallest absolute Gasteiger partial charge is 0.319 e. The molecule has 2 fully saturated rings. The number of carbonyl (C=O) groups is 1. The number of halogens is 1. The first-order chi connectivity index (χ1) is 12.6. The molecular formula is C19H28ClN3O3. The minimum atomic E-state index is -0.246. The van der Waals surface area contributed by atoms with E-state index in [-0.39, 0.29) is 6.03 Å². The molecule has 0 radical (unpaired) electrons. The van der Waals surface area contributed by atoms with Crippen LogP contribution in [0.3, 0.4) is 0 Å². The quantitative estimate of drug-likeness (QED) is 0.787. The predicted octanol–water partition coefficient (Wildman–Crippen LogP) is 3.74. The first-order valence-electron chi connectivity index (χ1n) is 9.31. The lowest BCUT2D eigenvalue weighted by molar-refractivity contribution is 0.234. The van der Waals surface area contributed by atoms with Crippen molar-refractivity contribution in [3.8, 4) is 11.5 Å². The van der Waals surface area contributed by atoms with Crippen LogP contribution in [0.15, 0.2) is 12.1 Å². The molecule has 2 aliphatic rings. The number of hydrogen-bond acceptors (Lipinski definition) is 4. The number of likely N-dealkylation sites (tertiary alicyclic amines) is 1. The van der Waals surface area contributed by atoms with Crippen LogP contribution in [0.25, 0.3) is 0 Å². The van der Waals surface area contributed by atoms with Gasteiger partial charge in [-0.2, -0.15) is 0 Å². The lowest BCUT2D eigenvalue weighted by atomic mass is 10.1. The number of amides is 2. The van der Waals surface area contributed by atoms with Crippen molar-refractivity contribution in [1.29, 1.82) is 0 Å². The molecule has 1 saturated carbocycles. The molecule has 2 N–H and O–H groups in total. The zero-order valence-electron chi connectivity index (χ0n) is 15.5. The van der Waals surface area contributed by atoms with Gasteiger partial charge in [-0.3, -0.25) is 0 Å². The summed E-state index contributed by atoms with van der Waals surface area (Å²) in [6, 6.07) is 3.81. The second-order valence-electron chi connectivity index (χ2n) is 7.11. The molecule has 7 heteroatoms. The number of urea groups is 1. The van der Waals surface area contributed by atoms with Crippen molar-refractivity contribution in [3.63, 3.8) is 0 Å². The fourth-order valence-corrected chi connectivity index (χ4v) is 4.23. The van der Waals surface area contributed by atoms with Gasteiger partial charge in [0.15, 0.2) is 0 Å². The summed E-state index contributed by atoms with van der Waals surface area (Å²) in [6.07, 6.45) is 6.53. The number of hydrogen-bond donors (Lipinski definition) is 2. The molecule has 2 amide bonds. The molecule has 144 valence electrons. The Hall–Kier alpha value is -1.66. The summed E-state index contributed by atoms with van der Waals surface area (Å²) in [4.78, 5) is 14.9. The second kappa shape index (κ2) is 8.82. The molecule has 1 atom stereocenters. The van der Waals surface area contributed by atoms with Crippen molar-refractivity contribution in [2.45, 2.75) is 38.1 Å². The van der Waals surface area contributed by atoms with Gasteiger partial charge in [-0.05, 0) is 37.8 Å². The highest BCUT2D eigenvalue weighted by atomic mass is 35.5. The third kappa shape index (κ3) is 4.54. The Morgan fingerprint density at radius 1 is 1.19 bits per heavy atom. The van der Waals surface area contributed by atoms with E-state index in [9.17, 15) is 4.79 Å². The SMILES string of the molecule is COc1cc(OC)c(NC(=O)NCC2CCN(C3CCCC3)C2)cc1Cl. The van der Waals surface area contributed by atoms with Crippen molar-refractivity contribution < 1.29 is 14.3 Å². The molecular weight excluding hydrogens is 354 g/mol. The van der Waals surface area contributed by atoms with E-state index in [0.29, 0.717) is 34.7 Å². The van der Waals surface area contributed by atoms with E-state index in [1.165, 1.54) is 32.8 Å². The van der Waals surface area contributed by atoms with Crippen LogP contribution in [0.2, 0.25) is 5.02 Å². The van der Waals surface area contributed by atoms with Gasteiger partial charge in [0.2, 0.25) is 0 Å². The second-order valence-corrected chi connectivity index (χ2v) is 7.52. The fourth-order valence-electron chi connectivity index (χ4n) is 3.99. The normalized spacial score (nSPS) is 21.0. The minimum absolute atomic E-state index is 0.246. The average molecular weight is 382 g/mol. The summed E-state index contributed by atoms with van der Waals surface area (Å²) >= 11 is 6.14. The maximum absolute atomic E-state index is 12.3. The summed E-state index contributed by atoms with van der Waals surface area (Å²) in [5.41, 5.74) is 0.523. The Kier molecular flexibility index (Phi) is 6.48. The minimum Gasteiger partial charge on any atom is -0.495 e. The Balaban J connectivity index is 1.49. The molecule has 1 heterocycles. The zero-order valence-corrected chi connectivity index (χ0v) is 16.3. The number of nitrogens with one attached hydrogen (secondary N) is 2. The Bertz CT molecular complexity index is 635. The van der Waals surface area contributed by atoms with E-state index in [4.69, 9.17) is 21.1 Å². The molecule has 1 unspecified atom stereocenters. The number of methoxy groups -OCH3 is 2. The monoisotopic (exact) mass is 381 g/mol. The summed E-state index contributed by atoms with van der Waals surface area (Å²) in [5.74, 6) is 1.53. The Labute approximate surface area is 160 Å². The van der Waals surface area contributed by atoms with Crippen LogP contribution in [0.5, 0.6) is 11.5 Å². The number of ether oxygens (including phenoxy) is 2. The van der Waals surface area contributed by atoms with Gasteiger partial charge >= 0.3 is 6.03 Å². The maximum Gasteiger partial charge on any atom is 0.319 e. The molecule has 1 aliphatic heterocycles. The van der Waals surface area contributed by atoms with Gasteiger partial charge in [-0.25, -0.2) is 4.79 Å². The summed E-state index contributed by atoms with van der Waals surface area (Å²) < 4.78 is 10.5. The van der Waals surface area contributed by atoms with Crippen molar-refractivity contribution in [2.75, 3.05) is 39.2 Å². The maximum atomic E-state index is 12.3. The standard InChI is InChI=1S/C19H28ClN3O3/c1-25-17-10-18(26-2)16(9-15(17)20)22-19(24)21-11-13-7-8-23(12-13)14-5-3-4-6-14/h9-10,13-14H,3-8,11-12H2,1-2H3,(H2,21,22,24). The van der Waals surface area contributed by atoms with Crippen LogP contribution in [0.4, 0.5) is 10.5 Å². The van der Waals surface area contributed by atoms with Crippen LogP contribution in [0, 0.1) is 5.92 Å². The first kappa shape index (κ1) is 19.1. The molecule has 6 nitrogen and oxygen atoms in total. The van der Waals surface area contributed by atoms with Crippen molar-refractivity contribution in [2.24, 2.45) is 5.92 Å². The predicted molar refractivity (Wildman–Crippen MR) is 104 cm³/mol. The number of benzene rings is 1. The Morgan fingerprint density at radius 2 is 1.92 bits per heavy atom. The van der Waals surface area contributed by atoms with E-state index >= 15 is 0 Å². The van der Waals surface area contributed by atoms with E-state index in [1.807, 2.05) is 0 Å². The zero-order chi connectivity index (χ0) is 18.5. The van der Waals surface area contributed by atoms with Crippen LogP contribution < -0.4 is 20.1 Å². The fraction of sp³-hybridized carbons (Fsp3) is 0.632. The molecule has 26 heavy (non-hydrogen) atoms. The van der Waals surface area contributed by atoms with E-state index in [2.05, 4.69) is 15.5 Å². The lowest BCUT2D eigenvalue weighted by Crippen LogP contribution is -2.35. The van der Waals surface area contributed by atoms with Gasteiger partial charge in [0, 0.05) is 25.2 Å². The largest absolute Gasteiger partial charge is 0.495 e. The van der Waals surface area contributed by atoms with Crippen LogP contribution in [-0.4, -0.2) is 50.8 Å². The van der Waals surface area contributed by atoms with Crippen molar-refractivity contribution >= 4 is 23.3 Å². The van der Waals surface area contributed by atoms with Crippen molar-refractivity contribution in [3.05, 3.63) is 17.2 Å². The number of rotatable bonds is 6. The van der Waals surface area contributed by atoms with Crippen LogP contribution in [-0.2, 0) is 0 Å². The van der Waals surface area contributed by atoms with E-state index in [0.717, 1.165) is 25.6 Å². The highest BCUT2D eigenvalue weighted by Crippen LogP contribution is 2.35. The third-order valence-corrected chi connectivity index (χ3v) is 5.73. The molecule has 0 spiro atoms. The summed E-state index contributed by atoms with van der Waals surface area (Å²) in [5, 5.41) is 6.21. The van der Waals surface area contributed by atoms with E-state index < -0.39 is 0 Å². The van der Waals surface area contributed by atoms with Gasteiger partial charge in [0.25, 0.3) is 0 Å². The Morgan fingerprint density at radius 3 is 2.62 bits per heavy atom. The van der Waals surface area contributed by atoms with Crippen molar-refractivity contribution in [1.82, 2.24) is 10.2 Å². The molecule has 3 rings (SSSR count). The van der Waals surface area contributed by atoms with E-state index in [1.54, 1.807) is 19.2 Å². The number of nitrogens with zero attached hydrogens (tertiary/aromatic N) is 1. The third-order valence-electron chi connectivity index (χ3n) is 5.43. The molecule has 1 aromatic carbocycles. The number of carbonyl (C=O) groups excluding carboxylic acids is 1. The first-order valence-corrected chi connectivity index (χ1v) is 9.69. The highest BCUT2D eigenvalue weighted by Gasteiger charge is 2.29. The summed E-state index contributed by atoms with van der Waals surface area (Å²) in [7, 11) is 3.08. The topological polar surface area (TPSA) is 62.8 Å².